The lowest BCUT2D eigenvalue weighted by Crippen LogP contribution is -2.04. The largest absolute Gasteiger partial charge is 0.460 e. The highest BCUT2D eigenvalue weighted by Crippen LogP contribution is 1.75. The summed E-state index contributed by atoms with van der Waals surface area (Å²) in [6, 6.07) is 0. The lowest BCUT2D eigenvalue weighted by molar-refractivity contribution is -0.228. The molecule has 0 fully saturated rings. The van der Waals surface area contributed by atoms with Crippen molar-refractivity contribution in [3.05, 3.63) is 25.3 Å². The van der Waals surface area contributed by atoms with E-state index in [4.69, 9.17) is 10.4 Å². The molecule has 0 aromatic heterocycles. The summed E-state index contributed by atoms with van der Waals surface area (Å²) in [6.07, 6.45) is 1.91. The SMILES string of the molecule is C=CC(=O)OCCO.C=CC(=O)OO. The number of carbonyl (C=O) groups is 2. The van der Waals surface area contributed by atoms with Crippen molar-refractivity contribution >= 4 is 11.9 Å². The number of rotatable bonds is 4. The molecule has 0 aromatic carbocycles. The van der Waals surface area contributed by atoms with Crippen molar-refractivity contribution in [1.29, 1.82) is 0 Å². The van der Waals surface area contributed by atoms with E-state index in [9.17, 15) is 9.59 Å². The van der Waals surface area contributed by atoms with Gasteiger partial charge in [0.15, 0.2) is 0 Å². The van der Waals surface area contributed by atoms with E-state index in [2.05, 4.69) is 22.8 Å². The van der Waals surface area contributed by atoms with Crippen molar-refractivity contribution < 1.29 is 29.6 Å². The Morgan fingerprint density at radius 3 is 1.93 bits per heavy atom. The van der Waals surface area contributed by atoms with Crippen LogP contribution in [0.2, 0.25) is 0 Å². The molecule has 14 heavy (non-hydrogen) atoms. The molecule has 0 heterocycles. The molecule has 0 aliphatic heterocycles. The van der Waals surface area contributed by atoms with Crippen LogP contribution in [0.15, 0.2) is 25.3 Å². The fourth-order valence-corrected chi connectivity index (χ4v) is 0.242. The van der Waals surface area contributed by atoms with Gasteiger partial charge in [-0.05, 0) is 0 Å². The van der Waals surface area contributed by atoms with Gasteiger partial charge in [-0.25, -0.2) is 9.59 Å². The third kappa shape index (κ3) is 13.0. The van der Waals surface area contributed by atoms with Crippen LogP contribution < -0.4 is 0 Å². The summed E-state index contributed by atoms with van der Waals surface area (Å²) in [5.74, 6) is -1.34. The van der Waals surface area contributed by atoms with E-state index in [1.54, 1.807) is 0 Å². The predicted octanol–water partition coefficient (Wildman–Crippen LogP) is -0.103. The van der Waals surface area contributed by atoms with Crippen LogP contribution in [0.1, 0.15) is 0 Å². The highest BCUT2D eigenvalue weighted by molar-refractivity contribution is 5.81. The van der Waals surface area contributed by atoms with Gasteiger partial charge < -0.3 is 9.84 Å². The second kappa shape index (κ2) is 11.3. The van der Waals surface area contributed by atoms with Gasteiger partial charge in [0, 0.05) is 12.2 Å². The van der Waals surface area contributed by atoms with Crippen molar-refractivity contribution in [2.24, 2.45) is 0 Å². The van der Waals surface area contributed by atoms with Gasteiger partial charge in [0.2, 0.25) is 0 Å². The highest BCUT2D eigenvalue weighted by Gasteiger charge is 1.90. The molecule has 0 bridgehead atoms. The first kappa shape index (κ1) is 14.8. The molecule has 2 N–H and O–H groups in total. The topological polar surface area (TPSA) is 93.1 Å². The van der Waals surface area contributed by atoms with E-state index in [1.807, 2.05) is 0 Å². The first-order chi connectivity index (χ1) is 6.62. The average Bonchev–Trinajstić information content (AvgIpc) is 2.25. The van der Waals surface area contributed by atoms with Crippen molar-refractivity contribution in [3.8, 4) is 0 Å². The van der Waals surface area contributed by atoms with Crippen LogP contribution in [0.3, 0.4) is 0 Å². The summed E-state index contributed by atoms with van der Waals surface area (Å²) in [7, 11) is 0. The van der Waals surface area contributed by atoms with Crippen LogP contribution in [0.25, 0.3) is 0 Å². The third-order valence-electron chi connectivity index (χ3n) is 0.759. The van der Waals surface area contributed by atoms with Gasteiger partial charge >= 0.3 is 11.9 Å². The van der Waals surface area contributed by atoms with Crippen LogP contribution in [0.4, 0.5) is 0 Å². The van der Waals surface area contributed by atoms with Gasteiger partial charge in [-0.2, -0.15) is 5.26 Å². The first-order valence-corrected chi connectivity index (χ1v) is 3.50. The van der Waals surface area contributed by atoms with Crippen LogP contribution in [0.5, 0.6) is 0 Å². The molecule has 0 unspecified atom stereocenters. The molecular formula is C8H12O6. The van der Waals surface area contributed by atoms with Crippen LogP contribution in [-0.4, -0.2) is 35.5 Å². The van der Waals surface area contributed by atoms with Gasteiger partial charge in [-0.15, -0.1) is 0 Å². The summed E-state index contributed by atoms with van der Waals surface area (Å²) >= 11 is 0. The fourth-order valence-electron chi connectivity index (χ4n) is 0.242. The molecule has 0 rings (SSSR count). The number of carbonyl (C=O) groups excluding carboxylic acids is 2. The third-order valence-corrected chi connectivity index (χ3v) is 0.759. The molecule has 0 radical (unpaired) electrons. The minimum atomic E-state index is -0.838. The average molecular weight is 204 g/mol. The van der Waals surface area contributed by atoms with E-state index in [-0.39, 0.29) is 13.2 Å². The van der Waals surface area contributed by atoms with Crippen LogP contribution >= 0.6 is 0 Å². The van der Waals surface area contributed by atoms with Gasteiger partial charge in [-0.3, -0.25) is 4.89 Å². The standard InChI is InChI=1S/C5H8O3.C3H4O3/c1-2-5(7)8-4-3-6;1-2-3(4)6-5/h2,6H,1,3-4H2;2,5H,1H2. The molecule has 0 amide bonds. The maximum atomic E-state index is 10.1. The Balaban J connectivity index is 0. The monoisotopic (exact) mass is 204 g/mol. The molecule has 0 saturated heterocycles. The Morgan fingerprint density at radius 2 is 1.71 bits per heavy atom. The number of hydrogen-bond acceptors (Lipinski definition) is 6. The molecule has 80 valence electrons. The summed E-state index contributed by atoms with van der Waals surface area (Å²) < 4.78 is 4.33. The molecule has 0 saturated carbocycles. The van der Waals surface area contributed by atoms with Gasteiger partial charge in [-0.1, -0.05) is 13.2 Å². The molecule has 6 heteroatoms. The van der Waals surface area contributed by atoms with Crippen molar-refractivity contribution in [3.63, 3.8) is 0 Å². The molecule has 6 nitrogen and oxygen atoms in total. The number of aliphatic hydroxyl groups is 1. The summed E-state index contributed by atoms with van der Waals surface area (Å²) in [5, 5.41) is 15.5. The Bertz CT molecular complexity index is 198. The van der Waals surface area contributed by atoms with Crippen molar-refractivity contribution in [1.82, 2.24) is 0 Å². The zero-order valence-corrected chi connectivity index (χ0v) is 7.51. The molecule has 0 aromatic rings. The van der Waals surface area contributed by atoms with Crippen LogP contribution in [-0.2, 0) is 19.2 Å². The quantitative estimate of drug-likeness (QED) is 0.287. The van der Waals surface area contributed by atoms with E-state index in [0.29, 0.717) is 0 Å². The molecule has 0 aliphatic carbocycles. The number of hydrogen-bond donors (Lipinski definition) is 2. The minimum Gasteiger partial charge on any atom is -0.460 e. The zero-order chi connectivity index (χ0) is 11.4. The Morgan fingerprint density at radius 1 is 1.21 bits per heavy atom. The summed E-state index contributed by atoms with van der Waals surface area (Å²) in [6.45, 7) is 6.06. The van der Waals surface area contributed by atoms with E-state index in [0.717, 1.165) is 12.2 Å². The molecule has 0 atom stereocenters. The Hall–Kier alpha value is -1.66. The Kier molecular flexibility index (Phi) is 12.0. The highest BCUT2D eigenvalue weighted by atomic mass is 17.1. The second-order valence-electron chi connectivity index (χ2n) is 1.71. The van der Waals surface area contributed by atoms with E-state index < -0.39 is 11.9 Å². The normalized spacial score (nSPS) is 7.57. The maximum absolute atomic E-state index is 10.1. The molecular weight excluding hydrogens is 192 g/mol. The second-order valence-corrected chi connectivity index (χ2v) is 1.71. The van der Waals surface area contributed by atoms with Gasteiger partial charge in [0.25, 0.3) is 0 Å². The first-order valence-electron chi connectivity index (χ1n) is 3.50. The lowest BCUT2D eigenvalue weighted by Gasteiger charge is -1.94. The van der Waals surface area contributed by atoms with E-state index >= 15 is 0 Å². The lowest BCUT2D eigenvalue weighted by atomic mass is 10.6. The van der Waals surface area contributed by atoms with Crippen LogP contribution in [0, 0.1) is 0 Å². The summed E-state index contributed by atoms with van der Waals surface area (Å²) in [4.78, 5) is 22.9. The van der Waals surface area contributed by atoms with Gasteiger partial charge in [0.1, 0.15) is 6.61 Å². The smallest absolute Gasteiger partial charge is 0.365 e. The molecule has 0 spiro atoms. The van der Waals surface area contributed by atoms with E-state index in [1.165, 1.54) is 0 Å². The van der Waals surface area contributed by atoms with Gasteiger partial charge in [0.05, 0.1) is 6.61 Å². The Labute approximate surface area is 81.0 Å². The number of aliphatic hydroxyl groups excluding tert-OH is 1. The number of ether oxygens (including phenoxy) is 1. The maximum Gasteiger partial charge on any atom is 0.365 e. The minimum absolute atomic E-state index is 0.0465. The fraction of sp³-hybridized carbons (Fsp3) is 0.250. The predicted molar refractivity (Wildman–Crippen MR) is 47.2 cm³/mol. The zero-order valence-electron chi connectivity index (χ0n) is 7.51. The van der Waals surface area contributed by atoms with Crippen molar-refractivity contribution in [2.45, 2.75) is 0 Å². The van der Waals surface area contributed by atoms with Crippen molar-refractivity contribution in [2.75, 3.05) is 13.2 Å². The number of esters is 1. The molecule has 0 aliphatic rings. The summed E-state index contributed by atoms with van der Waals surface area (Å²) in [5.41, 5.74) is 0.